The lowest BCUT2D eigenvalue weighted by Gasteiger charge is -2.26. The zero-order valence-corrected chi connectivity index (χ0v) is 10.3. The van der Waals surface area contributed by atoms with Crippen LogP contribution in [0.5, 0.6) is 0 Å². The zero-order valence-electron chi connectivity index (χ0n) is 10.3. The largest absolute Gasteiger partial charge is 0.479 e. The van der Waals surface area contributed by atoms with Crippen molar-refractivity contribution < 1.29 is 19.8 Å². The Morgan fingerprint density at radius 2 is 1.81 bits per heavy atom. The number of carboxylic acids is 1. The second-order valence-electron chi connectivity index (χ2n) is 5.13. The first-order chi connectivity index (χ1) is 7.14. The lowest BCUT2D eigenvalue weighted by Crippen LogP contribution is -2.37. The van der Waals surface area contributed by atoms with E-state index in [9.17, 15) is 9.59 Å². The van der Waals surface area contributed by atoms with Crippen LogP contribution in [-0.2, 0) is 9.59 Å². The van der Waals surface area contributed by atoms with Crippen LogP contribution in [0.15, 0.2) is 0 Å². The van der Waals surface area contributed by atoms with Gasteiger partial charge in [-0.3, -0.25) is 4.79 Å². The molecule has 0 spiro atoms. The third-order valence-corrected chi connectivity index (χ3v) is 2.75. The molecule has 94 valence electrons. The maximum atomic E-state index is 11.4. The molecule has 0 aromatic carbocycles. The van der Waals surface area contributed by atoms with Crippen LogP contribution in [0.3, 0.4) is 0 Å². The molecule has 0 aliphatic carbocycles. The highest BCUT2D eigenvalue weighted by molar-refractivity contribution is 5.78. The van der Waals surface area contributed by atoms with Gasteiger partial charge in [0.15, 0.2) is 6.10 Å². The van der Waals surface area contributed by atoms with Crippen molar-refractivity contribution in [2.24, 2.45) is 11.3 Å². The quantitative estimate of drug-likeness (QED) is 0.647. The molecule has 0 aliphatic rings. The van der Waals surface area contributed by atoms with E-state index in [4.69, 9.17) is 10.2 Å². The van der Waals surface area contributed by atoms with Gasteiger partial charge in [-0.25, -0.2) is 4.79 Å². The van der Waals surface area contributed by atoms with Gasteiger partial charge >= 0.3 is 5.97 Å². The van der Waals surface area contributed by atoms with Gasteiger partial charge in [-0.05, 0) is 11.3 Å². The lowest BCUT2D eigenvalue weighted by atomic mass is 9.80. The van der Waals surface area contributed by atoms with E-state index >= 15 is 0 Å². The molecule has 0 aromatic heterocycles. The summed E-state index contributed by atoms with van der Waals surface area (Å²) in [7, 11) is 0. The predicted molar refractivity (Wildman–Crippen MR) is 59.9 cm³/mol. The summed E-state index contributed by atoms with van der Waals surface area (Å²) in [6, 6.07) is 0. The Morgan fingerprint density at radius 1 is 1.31 bits per heavy atom. The summed E-state index contributed by atoms with van der Waals surface area (Å²) in [5.41, 5.74) is 0.0305. The van der Waals surface area contributed by atoms with E-state index < -0.39 is 12.1 Å². The highest BCUT2D eigenvalue weighted by Gasteiger charge is 2.23. The van der Waals surface area contributed by atoms with Crippen LogP contribution in [0.2, 0.25) is 0 Å². The molecule has 5 nitrogen and oxygen atoms in total. The Labute approximate surface area is 95.9 Å². The molecule has 1 unspecified atom stereocenters. The van der Waals surface area contributed by atoms with Gasteiger partial charge < -0.3 is 15.5 Å². The minimum absolute atomic E-state index is 0.0305. The molecule has 0 heterocycles. The second kappa shape index (κ2) is 5.84. The Bertz CT molecular complexity index is 257. The van der Waals surface area contributed by atoms with Crippen molar-refractivity contribution in [3.05, 3.63) is 0 Å². The summed E-state index contributed by atoms with van der Waals surface area (Å²) in [4.78, 5) is 21.7. The van der Waals surface area contributed by atoms with Crippen LogP contribution in [0.4, 0.5) is 0 Å². The Kier molecular flexibility index (Phi) is 5.44. The molecule has 0 bridgehead atoms. The summed E-state index contributed by atoms with van der Waals surface area (Å²) >= 11 is 0. The molecule has 0 saturated carbocycles. The maximum Gasteiger partial charge on any atom is 0.334 e. The third kappa shape index (κ3) is 5.70. The number of amides is 1. The molecule has 3 N–H and O–H groups in total. The van der Waals surface area contributed by atoms with Crippen molar-refractivity contribution in [1.82, 2.24) is 5.32 Å². The highest BCUT2D eigenvalue weighted by Crippen LogP contribution is 2.27. The van der Waals surface area contributed by atoms with Crippen molar-refractivity contribution >= 4 is 11.9 Å². The Hall–Kier alpha value is -1.10. The van der Waals surface area contributed by atoms with Crippen molar-refractivity contribution in [3.8, 4) is 0 Å². The molecule has 0 aliphatic heterocycles. The molecule has 0 saturated heterocycles. The Morgan fingerprint density at radius 3 is 2.19 bits per heavy atom. The predicted octanol–water partition coefficient (Wildman–Crippen LogP) is 0.620. The number of aliphatic hydroxyl groups excluding tert-OH is 1. The van der Waals surface area contributed by atoms with E-state index in [1.165, 1.54) is 0 Å². The molecular formula is C11H21NO4. The fraction of sp³-hybridized carbons (Fsp3) is 0.818. The van der Waals surface area contributed by atoms with Crippen LogP contribution in [0.1, 0.15) is 34.1 Å². The normalized spacial score (nSPS) is 15.3. The molecule has 16 heavy (non-hydrogen) atoms. The first-order valence-electron chi connectivity index (χ1n) is 5.32. The number of carbonyl (C=O) groups is 2. The standard InChI is InChI=1S/C11H21NO4/c1-7(11(2,3)4)5-9(14)12-6-8(13)10(15)16/h7-8,13H,5-6H2,1-4H3,(H,12,14)(H,15,16)/t7?,8-/m0/s1. The molecule has 5 heteroatoms. The van der Waals surface area contributed by atoms with Crippen molar-refractivity contribution in [2.75, 3.05) is 6.54 Å². The number of nitrogens with one attached hydrogen (secondary N) is 1. The van der Waals surface area contributed by atoms with Gasteiger partial charge in [-0.2, -0.15) is 0 Å². The minimum Gasteiger partial charge on any atom is -0.479 e. The topological polar surface area (TPSA) is 86.6 Å². The van der Waals surface area contributed by atoms with Gasteiger partial charge in [0.05, 0.1) is 6.54 Å². The van der Waals surface area contributed by atoms with E-state index in [2.05, 4.69) is 5.32 Å². The van der Waals surface area contributed by atoms with Crippen LogP contribution < -0.4 is 5.32 Å². The molecule has 0 rings (SSSR count). The van der Waals surface area contributed by atoms with Crippen molar-refractivity contribution in [3.63, 3.8) is 0 Å². The molecule has 0 aromatic rings. The van der Waals surface area contributed by atoms with Crippen LogP contribution in [0.25, 0.3) is 0 Å². The van der Waals surface area contributed by atoms with Crippen LogP contribution >= 0.6 is 0 Å². The van der Waals surface area contributed by atoms with Crippen LogP contribution in [0, 0.1) is 11.3 Å². The molecule has 1 amide bonds. The number of aliphatic carboxylic acids is 1. The molecule has 0 fully saturated rings. The number of carboxylic acid groups (broad SMARTS) is 1. The smallest absolute Gasteiger partial charge is 0.334 e. The summed E-state index contributed by atoms with van der Waals surface area (Å²) < 4.78 is 0. The van der Waals surface area contributed by atoms with Crippen molar-refractivity contribution in [2.45, 2.75) is 40.2 Å². The van der Waals surface area contributed by atoms with E-state index in [1.54, 1.807) is 0 Å². The molecular weight excluding hydrogens is 210 g/mol. The summed E-state index contributed by atoms with van der Waals surface area (Å²) in [5, 5.41) is 19.8. The number of carbonyl (C=O) groups excluding carboxylic acids is 1. The van der Waals surface area contributed by atoms with Crippen LogP contribution in [-0.4, -0.2) is 34.7 Å². The number of rotatable bonds is 5. The number of hydrogen-bond donors (Lipinski definition) is 3. The average Bonchev–Trinajstić information content (AvgIpc) is 2.12. The first kappa shape index (κ1) is 14.9. The van der Waals surface area contributed by atoms with E-state index in [0.29, 0.717) is 6.42 Å². The molecule has 2 atom stereocenters. The minimum atomic E-state index is -1.53. The summed E-state index contributed by atoms with van der Waals surface area (Å²) in [6.07, 6.45) is -1.20. The average molecular weight is 231 g/mol. The van der Waals surface area contributed by atoms with Gasteiger partial charge in [-0.15, -0.1) is 0 Å². The Balaban J connectivity index is 3.97. The SMILES string of the molecule is CC(CC(=O)NC[C@H](O)C(=O)O)C(C)(C)C. The highest BCUT2D eigenvalue weighted by atomic mass is 16.4. The fourth-order valence-corrected chi connectivity index (χ4v) is 0.954. The summed E-state index contributed by atoms with van der Waals surface area (Å²) in [5.74, 6) is -1.37. The molecule has 0 radical (unpaired) electrons. The van der Waals surface area contributed by atoms with Gasteiger partial charge in [0, 0.05) is 6.42 Å². The van der Waals surface area contributed by atoms with Crippen molar-refractivity contribution in [1.29, 1.82) is 0 Å². The third-order valence-electron chi connectivity index (χ3n) is 2.75. The lowest BCUT2D eigenvalue weighted by molar-refractivity contribution is -0.146. The van der Waals surface area contributed by atoms with Gasteiger partial charge in [0.2, 0.25) is 5.91 Å². The van der Waals surface area contributed by atoms with Gasteiger partial charge in [-0.1, -0.05) is 27.7 Å². The second-order valence-corrected chi connectivity index (χ2v) is 5.13. The zero-order chi connectivity index (χ0) is 12.9. The van der Waals surface area contributed by atoms with E-state index in [-0.39, 0.29) is 23.8 Å². The number of hydrogen-bond acceptors (Lipinski definition) is 3. The fourth-order valence-electron chi connectivity index (χ4n) is 0.954. The summed E-state index contributed by atoms with van der Waals surface area (Å²) in [6.45, 7) is 7.84. The monoisotopic (exact) mass is 231 g/mol. The van der Waals surface area contributed by atoms with Gasteiger partial charge in [0.1, 0.15) is 0 Å². The van der Waals surface area contributed by atoms with E-state index in [1.807, 2.05) is 27.7 Å². The maximum absolute atomic E-state index is 11.4. The first-order valence-corrected chi connectivity index (χ1v) is 5.32. The number of aliphatic hydroxyl groups is 1. The van der Waals surface area contributed by atoms with Gasteiger partial charge in [0.25, 0.3) is 0 Å². The van der Waals surface area contributed by atoms with E-state index in [0.717, 1.165) is 0 Å².